The minimum absolute atomic E-state index is 0.550. The van der Waals surface area contributed by atoms with Crippen LogP contribution in [0.15, 0.2) is 21.3 Å². The number of piperazine rings is 1. The highest BCUT2D eigenvalue weighted by atomic mass is 35.5. The van der Waals surface area contributed by atoms with Crippen LogP contribution in [0, 0.1) is 0 Å². The SMILES string of the molecule is ClC1=CN2CCN=C2C(N2CCNCC2)=N1. The Hall–Kier alpha value is -1.07. The van der Waals surface area contributed by atoms with Crippen molar-refractivity contribution in [1.82, 2.24) is 15.1 Å². The molecule has 6 heteroatoms. The molecule has 1 fully saturated rings. The topological polar surface area (TPSA) is 43.2 Å². The van der Waals surface area contributed by atoms with E-state index in [-0.39, 0.29) is 0 Å². The molecular weight excluding hydrogens is 226 g/mol. The first-order valence-corrected chi connectivity index (χ1v) is 5.95. The van der Waals surface area contributed by atoms with E-state index in [1.54, 1.807) is 0 Å². The van der Waals surface area contributed by atoms with Crippen LogP contribution in [-0.2, 0) is 0 Å². The summed E-state index contributed by atoms with van der Waals surface area (Å²) in [6.45, 7) is 5.67. The molecule has 5 nitrogen and oxygen atoms in total. The van der Waals surface area contributed by atoms with Gasteiger partial charge in [0.05, 0.1) is 6.54 Å². The summed E-state index contributed by atoms with van der Waals surface area (Å²) in [6, 6.07) is 0. The molecule has 0 bridgehead atoms. The second-order valence-electron chi connectivity index (χ2n) is 4.02. The number of nitrogens with zero attached hydrogens (tertiary/aromatic N) is 4. The Morgan fingerprint density at radius 2 is 2.00 bits per heavy atom. The van der Waals surface area contributed by atoms with Crippen molar-refractivity contribution in [2.24, 2.45) is 9.98 Å². The van der Waals surface area contributed by atoms with Gasteiger partial charge < -0.3 is 15.1 Å². The van der Waals surface area contributed by atoms with Gasteiger partial charge in [-0.1, -0.05) is 11.6 Å². The fourth-order valence-corrected chi connectivity index (χ4v) is 2.38. The van der Waals surface area contributed by atoms with E-state index in [0.717, 1.165) is 50.9 Å². The summed E-state index contributed by atoms with van der Waals surface area (Å²) >= 11 is 6.03. The van der Waals surface area contributed by atoms with Crippen molar-refractivity contribution in [3.63, 3.8) is 0 Å². The Morgan fingerprint density at radius 1 is 1.19 bits per heavy atom. The average molecular weight is 240 g/mol. The number of hydrogen-bond acceptors (Lipinski definition) is 5. The summed E-state index contributed by atoms with van der Waals surface area (Å²) in [5, 5.41) is 3.88. The highest BCUT2D eigenvalue weighted by molar-refractivity contribution is 6.43. The molecule has 16 heavy (non-hydrogen) atoms. The molecule has 86 valence electrons. The molecule has 1 saturated heterocycles. The first kappa shape index (κ1) is 10.1. The molecule has 0 saturated carbocycles. The van der Waals surface area contributed by atoms with Gasteiger partial charge in [-0.3, -0.25) is 4.99 Å². The molecular formula is C10H14ClN5. The lowest BCUT2D eigenvalue weighted by atomic mass is 10.3. The highest BCUT2D eigenvalue weighted by Gasteiger charge is 2.29. The zero-order valence-electron chi connectivity index (χ0n) is 8.99. The van der Waals surface area contributed by atoms with Crippen molar-refractivity contribution in [1.29, 1.82) is 0 Å². The maximum Gasteiger partial charge on any atom is 0.173 e. The number of nitrogens with one attached hydrogen (secondary N) is 1. The first-order valence-electron chi connectivity index (χ1n) is 5.58. The lowest BCUT2D eigenvalue weighted by molar-refractivity contribution is 0.358. The smallest absolute Gasteiger partial charge is 0.173 e. The molecule has 1 N–H and O–H groups in total. The van der Waals surface area contributed by atoms with Gasteiger partial charge in [0.25, 0.3) is 0 Å². The van der Waals surface area contributed by atoms with Gasteiger partial charge in [-0.05, 0) is 0 Å². The molecule has 0 spiro atoms. The number of fused-ring (bicyclic) bond motifs is 1. The van der Waals surface area contributed by atoms with Crippen LogP contribution in [0.3, 0.4) is 0 Å². The molecule has 3 rings (SSSR count). The van der Waals surface area contributed by atoms with Gasteiger partial charge in [-0.2, -0.15) is 0 Å². The predicted octanol–water partition coefficient (Wildman–Crippen LogP) is 0.0555. The number of hydrogen-bond donors (Lipinski definition) is 1. The van der Waals surface area contributed by atoms with Crippen LogP contribution in [0.25, 0.3) is 0 Å². The summed E-state index contributed by atoms with van der Waals surface area (Å²) in [4.78, 5) is 13.3. The zero-order valence-corrected chi connectivity index (χ0v) is 9.74. The summed E-state index contributed by atoms with van der Waals surface area (Å²) < 4.78 is 0. The second kappa shape index (κ2) is 4.07. The third-order valence-electron chi connectivity index (χ3n) is 2.97. The van der Waals surface area contributed by atoms with Gasteiger partial charge in [0.1, 0.15) is 5.16 Å². The summed E-state index contributed by atoms with van der Waals surface area (Å²) in [7, 11) is 0. The molecule has 3 aliphatic rings. The molecule has 0 unspecified atom stereocenters. The molecule has 3 aliphatic heterocycles. The van der Waals surface area contributed by atoms with Crippen LogP contribution >= 0.6 is 11.6 Å². The van der Waals surface area contributed by atoms with Gasteiger partial charge in [-0.25, -0.2) is 4.99 Å². The number of halogens is 1. The molecule has 0 aliphatic carbocycles. The van der Waals surface area contributed by atoms with E-state index < -0.39 is 0 Å². The number of amidine groups is 2. The maximum atomic E-state index is 6.03. The van der Waals surface area contributed by atoms with Crippen LogP contribution in [-0.4, -0.2) is 60.7 Å². The Bertz CT molecular complexity index is 381. The Labute approximate surface area is 99.5 Å². The van der Waals surface area contributed by atoms with Crippen LogP contribution < -0.4 is 5.32 Å². The van der Waals surface area contributed by atoms with E-state index >= 15 is 0 Å². The molecule has 0 amide bonds. The van der Waals surface area contributed by atoms with Gasteiger partial charge >= 0.3 is 0 Å². The van der Waals surface area contributed by atoms with Crippen molar-refractivity contribution in [2.45, 2.75) is 0 Å². The van der Waals surface area contributed by atoms with Gasteiger partial charge in [0.2, 0.25) is 0 Å². The minimum atomic E-state index is 0.550. The fraction of sp³-hybridized carbons (Fsp3) is 0.600. The van der Waals surface area contributed by atoms with E-state index in [9.17, 15) is 0 Å². The molecule has 0 aromatic rings. The average Bonchev–Trinajstić information content (AvgIpc) is 2.77. The summed E-state index contributed by atoms with van der Waals surface area (Å²) in [5.41, 5.74) is 0. The molecule has 3 heterocycles. The predicted molar refractivity (Wildman–Crippen MR) is 64.8 cm³/mol. The Morgan fingerprint density at radius 3 is 2.81 bits per heavy atom. The standard InChI is InChI=1S/C10H14ClN5/c11-8-7-16-6-3-13-9(16)10(14-8)15-4-1-12-2-5-15/h7,12H,1-6H2. The van der Waals surface area contributed by atoms with E-state index in [1.165, 1.54) is 0 Å². The third kappa shape index (κ3) is 1.70. The Kier molecular flexibility index (Phi) is 2.57. The lowest BCUT2D eigenvalue weighted by Crippen LogP contribution is -2.51. The van der Waals surface area contributed by atoms with Crippen molar-refractivity contribution >= 4 is 23.3 Å². The molecule has 0 aromatic heterocycles. The minimum Gasteiger partial charge on any atom is -0.351 e. The van der Waals surface area contributed by atoms with E-state index in [0.29, 0.717) is 5.16 Å². The summed E-state index contributed by atoms with van der Waals surface area (Å²) in [5.74, 6) is 1.91. The molecule has 0 aromatic carbocycles. The third-order valence-corrected chi connectivity index (χ3v) is 3.15. The van der Waals surface area contributed by atoms with Crippen LogP contribution in [0.1, 0.15) is 0 Å². The molecule has 0 atom stereocenters. The van der Waals surface area contributed by atoms with Crippen molar-refractivity contribution in [3.05, 3.63) is 11.4 Å². The maximum absolute atomic E-state index is 6.03. The van der Waals surface area contributed by atoms with Crippen LogP contribution in [0.2, 0.25) is 0 Å². The summed E-state index contributed by atoms with van der Waals surface area (Å²) in [6.07, 6.45) is 1.86. The van der Waals surface area contributed by atoms with E-state index in [2.05, 4.69) is 25.1 Å². The first-order chi connectivity index (χ1) is 7.84. The highest BCUT2D eigenvalue weighted by Crippen LogP contribution is 2.18. The molecule has 0 radical (unpaired) electrons. The second-order valence-corrected chi connectivity index (χ2v) is 4.41. The van der Waals surface area contributed by atoms with E-state index in [1.807, 2.05) is 6.20 Å². The van der Waals surface area contributed by atoms with Gasteiger partial charge in [-0.15, -0.1) is 0 Å². The van der Waals surface area contributed by atoms with Crippen LogP contribution in [0.5, 0.6) is 0 Å². The number of aliphatic imine (C=N–C) groups is 2. The van der Waals surface area contributed by atoms with Crippen molar-refractivity contribution < 1.29 is 0 Å². The zero-order chi connectivity index (χ0) is 11.0. The van der Waals surface area contributed by atoms with Crippen molar-refractivity contribution in [3.8, 4) is 0 Å². The van der Waals surface area contributed by atoms with Crippen LogP contribution in [0.4, 0.5) is 0 Å². The normalized spacial score (nSPS) is 24.9. The number of rotatable bonds is 0. The van der Waals surface area contributed by atoms with Crippen molar-refractivity contribution in [2.75, 3.05) is 39.3 Å². The quantitative estimate of drug-likeness (QED) is 0.608. The lowest BCUT2D eigenvalue weighted by Gasteiger charge is -2.33. The largest absolute Gasteiger partial charge is 0.351 e. The van der Waals surface area contributed by atoms with Gasteiger partial charge in [0, 0.05) is 38.9 Å². The van der Waals surface area contributed by atoms with E-state index in [4.69, 9.17) is 11.6 Å². The fourth-order valence-electron chi connectivity index (χ4n) is 2.18. The Balaban J connectivity index is 1.89. The van der Waals surface area contributed by atoms with Gasteiger partial charge in [0.15, 0.2) is 11.7 Å². The monoisotopic (exact) mass is 239 g/mol.